The van der Waals surface area contributed by atoms with Gasteiger partial charge in [0, 0.05) is 16.5 Å². The molecule has 0 rings (SSSR count). The van der Waals surface area contributed by atoms with Gasteiger partial charge in [-0.1, -0.05) is 0 Å². The Morgan fingerprint density at radius 1 is 1.00 bits per heavy atom. The Hall–Kier alpha value is 1.25. The van der Waals surface area contributed by atoms with Crippen molar-refractivity contribution in [2.24, 2.45) is 0 Å². The molecule has 0 heterocycles. The van der Waals surface area contributed by atoms with E-state index in [2.05, 4.69) is 0 Å². The van der Waals surface area contributed by atoms with Gasteiger partial charge in [0.15, 0.2) is 0 Å². The predicted molar refractivity (Wildman–Crippen MR) is 17.9 cm³/mol. The predicted octanol–water partition coefficient (Wildman–Crippen LogP) is 0.0319. The van der Waals surface area contributed by atoms with Crippen LogP contribution < -0.4 is 0 Å². The van der Waals surface area contributed by atoms with Crippen LogP contribution in [0.3, 0.4) is 0 Å². The molecule has 0 spiro atoms. The third-order valence-corrected chi connectivity index (χ3v) is 0. The molecule has 0 aromatic carbocycles. The SMILES string of the molecule is [C-]#N.[C-]#N.[Ca+2].[Fe+2].[H-].[H-].[Ni]. The molecule has 0 N–H and O–H groups in total. The van der Waals surface area contributed by atoms with Crippen molar-refractivity contribution in [1.29, 1.82) is 10.5 Å². The molecular formula is C2H2CaFeN2Ni. The standard InChI is InChI=1S/2CN.Ca.Fe.Ni.2H/c2*1-2;;;;;/q2*-1;2*+2;;2*-1. The molecule has 5 heteroatoms. The van der Waals surface area contributed by atoms with E-state index in [1.54, 1.807) is 0 Å². The van der Waals surface area contributed by atoms with E-state index >= 15 is 0 Å². The first kappa shape index (κ1) is 41.0. The van der Waals surface area contributed by atoms with Gasteiger partial charge in [0.1, 0.15) is 0 Å². The topological polar surface area (TPSA) is 47.6 Å². The Morgan fingerprint density at radius 2 is 1.00 bits per heavy atom. The van der Waals surface area contributed by atoms with Gasteiger partial charge in [-0.05, 0) is 0 Å². The van der Waals surface area contributed by atoms with Crippen LogP contribution in [0.1, 0.15) is 2.85 Å². The first-order chi connectivity index (χ1) is 2.00. The van der Waals surface area contributed by atoms with E-state index in [0.717, 1.165) is 0 Å². The molecule has 0 aliphatic carbocycles. The molecule has 0 aromatic rings. The molecule has 0 aliphatic rings. The van der Waals surface area contributed by atoms with E-state index < -0.39 is 0 Å². The average Bonchev–Trinajstić information content (AvgIpc) is 1.50. The van der Waals surface area contributed by atoms with Crippen molar-refractivity contribution in [2.45, 2.75) is 0 Å². The summed E-state index contributed by atoms with van der Waals surface area (Å²) in [5, 5.41) is 12.5. The van der Waals surface area contributed by atoms with Crippen LogP contribution in [0.4, 0.5) is 0 Å². The van der Waals surface area contributed by atoms with E-state index in [1.807, 2.05) is 0 Å². The molecule has 0 aliphatic heterocycles. The van der Waals surface area contributed by atoms with Gasteiger partial charge in [-0.15, -0.1) is 0 Å². The van der Waals surface area contributed by atoms with Gasteiger partial charge in [0.05, 0.1) is 0 Å². The van der Waals surface area contributed by atoms with Crippen molar-refractivity contribution in [3.8, 4) is 0 Å². The van der Waals surface area contributed by atoms with Crippen molar-refractivity contribution < 1.29 is 36.4 Å². The molecule has 0 saturated carbocycles. The summed E-state index contributed by atoms with van der Waals surface area (Å²) < 4.78 is 0. The smallest absolute Gasteiger partial charge is 1.00 e. The van der Waals surface area contributed by atoms with Crippen LogP contribution in [0, 0.1) is 23.7 Å². The largest absolute Gasteiger partial charge is 2.00 e. The van der Waals surface area contributed by atoms with Crippen molar-refractivity contribution >= 4 is 37.7 Å². The summed E-state index contributed by atoms with van der Waals surface area (Å²) in [6, 6.07) is 0. The van der Waals surface area contributed by atoms with Crippen LogP contribution in [-0.2, 0) is 33.6 Å². The van der Waals surface area contributed by atoms with Crippen LogP contribution in [0.15, 0.2) is 0 Å². The molecule has 2 nitrogen and oxygen atoms in total. The number of hydrogen-bond acceptors (Lipinski definition) is 2. The summed E-state index contributed by atoms with van der Waals surface area (Å²) in [6.07, 6.45) is 0. The fourth-order valence-electron chi connectivity index (χ4n) is 0. The second-order valence-corrected chi connectivity index (χ2v) is 0. The molecule has 0 aromatic heterocycles. The van der Waals surface area contributed by atoms with Gasteiger partial charge in [-0.3, -0.25) is 0 Å². The Morgan fingerprint density at radius 3 is 1.00 bits per heavy atom. The zero-order valence-corrected chi connectivity index (χ0v) is 7.57. The molecule has 0 fully saturated rings. The van der Waals surface area contributed by atoms with Crippen LogP contribution in [-0.4, -0.2) is 37.7 Å². The van der Waals surface area contributed by atoms with Gasteiger partial charge in [-0.2, -0.15) is 0 Å². The van der Waals surface area contributed by atoms with E-state index in [9.17, 15) is 0 Å². The van der Waals surface area contributed by atoms with Crippen LogP contribution in [0.2, 0.25) is 0 Å². The van der Waals surface area contributed by atoms with Crippen molar-refractivity contribution in [3.05, 3.63) is 13.1 Å². The van der Waals surface area contributed by atoms with Gasteiger partial charge in [0.2, 0.25) is 0 Å². The molecule has 0 unspecified atom stereocenters. The van der Waals surface area contributed by atoms with E-state index in [1.165, 1.54) is 0 Å². The zero-order chi connectivity index (χ0) is 4.00. The summed E-state index contributed by atoms with van der Waals surface area (Å²) >= 11 is 0. The molecular weight excluding hydrogens is 207 g/mol. The fourth-order valence-corrected chi connectivity index (χ4v) is 0. The Balaban J connectivity index is -0.00000000114. The maximum absolute atomic E-state index is 6.25. The third-order valence-electron chi connectivity index (χ3n) is 0. The minimum Gasteiger partial charge on any atom is -1.00 e. The maximum Gasteiger partial charge on any atom is 2.00 e. The number of nitrogens with zero attached hydrogens (tertiary/aromatic N) is 2. The first-order valence-electron chi connectivity index (χ1n) is 0.447. The van der Waals surface area contributed by atoms with Crippen molar-refractivity contribution in [1.82, 2.24) is 0 Å². The molecule has 0 radical (unpaired) electrons. The fraction of sp³-hybridized carbons (Fsp3) is 0. The van der Waals surface area contributed by atoms with Crippen LogP contribution >= 0.6 is 0 Å². The molecule has 0 saturated heterocycles. The summed E-state index contributed by atoms with van der Waals surface area (Å²) in [5.74, 6) is 0. The van der Waals surface area contributed by atoms with Crippen LogP contribution in [0.5, 0.6) is 0 Å². The minimum atomic E-state index is 0. The minimum absolute atomic E-state index is 0. The van der Waals surface area contributed by atoms with Gasteiger partial charge < -0.3 is 26.5 Å². The number of hydrogen-bond donors (Lipinski definition) is 0. The van der Waals surface area contributed by atoms with E-state index in [0.29, 0.717) is 0 Å². The monoisotopic (exact) mass is 208 g/mol. The van der Waals surface area contributed by atoms with E-state index in [-0.39, 0.29) is 74.2 Å². The second kappa shape index (κ2) is 181. The number of rotatable bonds is 0. The van der Waals surface area contributed by atoms with Gasteiger partial charge in [0.25, 0.3) is 0 Å². The molecule has 0 bridgehead atoms. The third kappa shape index (κ3) is 128. The Kier molecular flexibility index (Phi) is 1060. The molecule has 7 heavy (non-hydrogen) atoms. The van der Waals surface area contributed by atoms with Gasteiger partial charge in [-0.25, -0.2) is 0 Å². The summed E-state index contributed by atoms with van der Waals surface area (Å²) in [7, 11) is 0. The average molecular weight is 209 g/mol. The van der Waals surface area contributed by atoms with Crippen molar-refractivity contribution in [2.75, 3.05) is 0 Å². The summed E-state index contributed by atoms with van der Waals surface area (Å²) in [6.45, 7) is 9.50. The quantitative estimate of drug-likeness (QED) is 0.417. The second-order valence-electron chi connectivity index (χ2n) is 0. The van der Waals surface area contributed by atoms with Crippen LogP contribution in [0.25, 0.3) is 0 Å². The van der Waals surface area contributed by atoms with Crippen molar-refractivity contribution in [3.63, 3.8) is 0 Å². The van der Waals surface area contributed by atoms with Gasteiger partial charge >= 0.3 is 54.8 Å². The molecule has 0 amide bonds. The molecule has 0 atom stereocenters. The van der Waals surface area contributed by atoms with E-state index in [4.69, 9.17) is 23.7 Å². The Bertz CT molecular complexity index is 38.0. The first-order valence-corrected chi connectivity index (χ1v) is 0.447. The normalized spacial score (nSPS) is 0.571. The summed E-state index contributed by atoms with van der Waals surface area (Å²) in [4.78, 5) is 0. The Labute approximate surface area is 96.6 Å². The zero-order valence-electron chi connectivity index (χ0n) is 5.27. The maximum atomic E-state index is 6.25. The summed E-state index contributed by atoms with van der Waals surface area (Å²) in [5.41, 5.74) is 0. The molecule has 40 valence electrons.